The highest BCUT2D eigenvalue weighted by Gasteiger charge is 2.28. The summed E-state index contributed by atoms with van der Waals surface area (Å²) in [5.74, 6) is 0.692. The summed E-state index contributed by atoms with van der Waals surface area (Å²) in [5, 5.41) is 27.1. The molecule has 0 radical (unpaired) electrons. The first-order chi connectivity index (χ1) is 13.0. The summed E-state index contributed by atoms with van der Waals surface area (Å²) < 4.78 is 0. The standard InChI is InChI=1S/C18H22N8O.2ClH/c1-12-10-25(11-13(2)24(12)3)18-19-9-16(22-23-18)15-5-4-14(8-17(15)27)26-20-6-7-21-26;;/h4-9,12-13,27H,10-11H2,1-3H3;2*1H/t12-,13+;;. The van der Waals surface area contributed by atoms with Crippen LogP contribution >= 0.6 is 24.8 Å². The van der Waals surface area contributed by atoms with Crippen LogP contribution in [0.4, 0.5) is 5.95 Å². The van der Waals surface area contributed by atoms with Gasteiger partial charge in [0.15, 0.2) is 0 Å². The maximum atomic E-state index is 10.4. The molecule has 1 aliphatic heterocycles. The maximum Gasteiger partial charge on any atom is 0.245 e. The summed E-state index contributed by atoms with van der Waals surface area (Å²) in [6.07, 6.45) is 4.81. The molecule has 1 N–H and O–H groups in total. The highest BCUT2D eigenvalue weighted by atomic mass is 35.5. The number of rotatable bonds is 3. The van der Waals surface area contributed by atoms with Gasteiger partial charge in [0.25, 0.3) is 0 Å². The Bertz CT molecular complexity index is 910. The average molecular weight is 439 g/mol. The number of phenols is 1. The van der Waals surface area contributed by atoms with Gasteiger partial charge in [-0.25, -0.2) is 4.98 Å². The Kier molecular flexibility index (Phi) is 7.34. The van der Waals surface area contributed by atoms with Crippen LogP contribution in [0.3, 0.4) is 0 Å². The molecule has 9 nitrogen and oxygen atoms in total. The zero-order chi connectivity index (χ0) is 19.0. The first-order valence-electron chi connectivity index (χ1n) is 8.89. The number of likely N-dealkylation sites (N-methyl/N-ethyl adjacent to an activating group) is 1. The fourth-order valence-electron chi connectivity index (χ4n) is 3.32. The molecular weight excluding hydrogens is 415 g/mol. The van der Waals surface area contributed by atoms with Crippen molar-refractivity contribution in [1.29, 1.82) is 0 Å². The van der Waals surface area contributed by atoms with Crippen LogP contribution in [0, 0.1) is 0 Å². The van der Waals surface area contributed by atoms with Crippen molar-refractivity contribution in [3.05, 3.63) is 36.8 Å². The molecule has 0 amide bonds. The van der Waals surface area contributed by atoms with Gasteiger partial charge in [-0.1, -0.05) is 0 Å². The third-order valence-corrected chi connectivity index (χ3v) is 5.10. The van der Waals surface area contributed by atoms with E-state index in [1.165, 1.54) is 4.80 Å². The van der Waals surface area contributed by atoms with Crippen molar-refractivity contribution in [2.45, 2.75) is 25.9 Å². The summed E-state index contributed by atoms with van der Waals surface area (Å²) in [6, 6.07) is 6.01. The molecule has 3 aromatic rings. The predicted molar refractivity (Wildman–Crippen MR) is 115 cm³/mol. The molecule has 1 saturated heterocycles. The Morgan fingerprint density at radius 1 is 1.00 bits per heavy atom. The molecule has 4 rings (SSSR count). The molecule has 1 aromatic carbocycles. The van der Waals surface area contributed by atoms with Crippen LogP contribution < -0.4 is 4.90 Å². The van der Waals surface area contributed by atoms with Crippen LogP contribution in [-0.4, -0.2) is 72.4 Å². The number of hydrogen-bond acceptors (Lipinski definition) is 8. The second-order valence-electron chi connectivity index (χ2n) is 6.93. The minimum Gasteiger partial charge on any atom is -0.507 e. The van der Waals surface area contributed by atoms with E-state index in [4.69, 9.17) is 0 Å². The zero-order valence-corrected chi connectivity index (χ0v) is 18.0. The van der Waals surface area contributed by atoms with Gasteiger partial charge in [0.2, 0.25) is 5.95 Å². The van der Waals surface area contributed by atoms with E-state index in [2.05, 4.69) is 56.1 Å². The lowest BCUT2D eigenvalue weighted by Crippen LogP contribution is -2.55. The summed E-state index contributed by atoms with van der Waals surface area (Å²) in [5.41, 5.74) is 1.75. The Hall–Kier alpha value is -2.49. The molecule has 29 heavy (non-hydrogen) atoms. The normalized spacial score (nSPS) is 19.3. The Morgan fingerprint density at radius 3 is 2.21 bits per heavy atom. The molecule has 2 aromatic heterocycles. The number of hydrogen-bond donors (Lipinski definition) is 1. The quantitative estimate of drug-likeness (QED) is 0.664. The minimum atomic E-state index is 0. The van der Waals surface area contributed by atoms with Gasteiger partial charge in [0.1, 0.15) is 11.4 Å². The van der Waals surface area contributed by atoms with Gasteiger partial charge in [-0.05, 0) is 33.0 Å². The van der Waals surface area contributed by atoms with Crippen LogP contribution in [-0.2, 0) is 0 Å². The van der Waals surface area contributed by atoms with Gasteiger partial charge in [0.05, 0.1) is 24.3 Å². The van der Waals surface area contributed by atoms with E-state index < -0.39 is 0 Å². The largest absolute Gasteiger partial charge is 0.507 e. The number of nitrogens with zero attached hydrogens (tertiary/aromatic N) is 8. The summed E-state index contributed by atoms with van der Waals surface area (Å²) in [4.78, 5) is 10.4. The smallest absolute Gasteiger partial charge is 0.245 e. The van der Waals surface area contributed by atoms with Gasteiger partial charge >= 0.3 is 0 Å². The third-order valence-electron chi connectivity index (χ3n) is 5.10. The van der Waals surface area contributed by atoms with E-state index in [-0.39, 0.29) is 30.6 Å². The molecule has 1 fully saturated rings. The van der Waals surface area contributed by atoms with Crippen LogP contribution in [0.25, 0.3) is 16.9 Å². The van der Waals surface area contributed by atoms with Gasteiger partial charge < -0.3 is 10.0 Å². The van der Waals surface area contributed by atoms with Crippen molar-refractivity contribution < 1.29 is 5.11 Å². The zero-order valence-electron chi connectivity index (χ0n) is 16.4. The minimum absolute atomic E-state index is 0. The molecule has 0 aliphatic carbocycles. The summed E-state index contributed by atoms with van der Waals surface area (Å²) >= 11 is 0. The molecule has 3 heterocycles. The van der Waals surface area contributed by atoms with E-state index >= 15 is 0 Å². The number of benzene rings is 1. The monoisotopic (exact) mass is 438 g/mol. The van der Waals surface area contributed by atoms with Gasteiger partial charge in [-0.15, -0.1) is 35.0 Å². The molecule has 0 bridgehead atoms. The molecule has 0 saturated carbocycles. The number of phenolic OH excluding ortho intramolecular Hbond substituents is 1. The van der Waals surface area contributed by atoms with Crippen molar-refractivity contribution in [2.24, 2.45) is 0 Å². The van der Waals surface area contributed by atoms with Crippen LogP contribution in [0.15, 0.2) is 36.8 Å². The second-order valence-corrected chi connectivity index (χ2v) is 6.93. The topological polar surface area (TPSA) is 96.1 Å². The Morgan fingerprint density at radius 2 is 1.66 bits per heavy atom. The second kappa shape index (κ2) is 9.34. The number of halogens is 2. The van der Waals surface area contributed by atoms with Gasteiger partial charge in [-0.3, -0.25) is 4.90 Å². The van der Waals surface area contributed by atoms with E-state index in [0.717, 1.165) is 13.1 Å². The third kappa shape index (κ3) is 4.58. The molecule has 2 atom stereocenters. The first-order valence-corrected chi connectivity index (χ1v) is 8.89. The van der Waals surface area contributed by atoms with Crippen molar-refractivity contribution >= 4 is 30.8 Å². The van der Waals surface area contributed by atoms with Gasteiger partial charge in [-0.2, -0.15) is 15.0 Å². The van der Waals surface area contributed by atoms with Crippen molar-refractivity contribution in [3.8, 4) is 22.7 Å². The molecule has 156 valence electrons. The van der Waals surface area contributed by atoms with Crippen molar-refractivity contribution in [3.63, 3.8) is 0 Å². The lowest BCUT2D eigenvalue weighted by molar-refractivity contribution is 0.169. The maximum absolute atomic E-state index is 10.4. The van der Waals surface area contributed by atoms with Gasteiger partial charge in [0, 0.05) is 36.8 Å². The highest BCUT2D eigenvalue weighted by molar-refractivity contribution is 5.85. The summed E-state index contributed by atoms with van der Waals surface area (Å²) in [6.45, 7) is 6.11. The molecule has 11 heteroatoms. The number of anilines is 1. The fourth-order valence-corrected chi connectivity index (χ4v) is 3.32. The molecular formula is C18H24Cl2N8O. The average Bonchev–Trinajstić information content (AvgIpc) is 3.21. The van der Waals surface area contributed by atoms with E-state index in [1.807, 2.05) is 6.07 Å². The molecule has 0 unspecified atom stereocenters. The number of aromatic nitrogens is 6. The molecule has 0 spiro atoms. The molecule has 1 aliphatic rings. The van der Waals surface area contributed by atoms with E-state index in [0.29, 0.717) is 35.0 Å². The SMILES string of the molecule is C[C@@H]1CN(c2ncc(-c3ccc(-n4nccn4)cc3O)nn2)C[C@H](C)N1C.Cl.Cl. The van der Waals surface area contributed by atoms with Crippen LogP contribution in [0.1, 0.15) is 13.8 Å². The van der Waals surface area contributed by atoms with Crippen LogP contribution in [0.5, 0.6) is 5.75 Å². The van der Waals surface area contributed by atoms with Crippen LogP contribution in [0.2, 0.25) is 0 Å². The fraction of sp³-hybridized carbons (Fsp3) is 0.389. The highest BCUT2D eigenvalue weighted by Crippen LogP contribution is 2.29. The lowest BCUT2D eigenvalue weighted by atomic mass is 10.1. The Labute approximate surface area is 181 Å². The number of piperazine rings is 1. The lowest BCUT2D eigenvalue weighted by Gasteiger charge is -2.42. The number of aromatic hydroxyl groups is 1. The van der Waals surface area contributed by atoms with Crippen molar-refractivity contribution in [1.82, 2.24) is 35.1 Å². The first kappa shape index (κ1) is 22.8. The van der Waals surface area contributed by atoms with Crippen molar-refractivity contribution in [2.75, 3.05) is 25.0 Å². The Balaban J connectivity index is 0.00000150. The summed E-state index contributed by atoms with van der Waals surface area (Å²) in [7, 11) is 2.14. The predicted octanol–water partition coefficient (Wildman–Crippen LogP) is 2.20. The van der Waals surface area contributed by atoms with E-state index in [1.54, 1.807) is 30.7 Å². The van der Waals surface area contributed by atoms with E-state index in [9.17, 15) is 5.11 Å².